The summed E-state index contributed by atoms with van der Waals surface area (Å²) in [6, 6.07) is 15.0. The van der Waals surface area contributed by atoms with Crippen LogP contribution >= 0.6 is 52.1 Å². The van der Waals surface area contributed by atoms with E-state index < -0.39 is 18.4 Å². The van der Waals surface area contributed by atoms with E-state index in [1.165, 1.54) is 4.68 Å². The third-order valence-electron chi connectivity index (χ3n) is 4.49. The smallest absolute Gasteiger partial charge is 0.323 e. The van der Waals surface area contributed by atoms with Gasteiger partial charge in [-0.25, -0.2) is 5.10 Å². The van der Waals surface area contributed by atoms with Gasteiger partial charge in [0.25, 0.3) is 5.91 Å². The van der Waals surface area contributed by atoms with Crippen molar-refractivity contribution in [3.63, 3.8) is 0 Å². The van der Waals surface area contributed by atoms with Crippen molar-refractivity contribution in [3.05, 3.63) is 73.8 Å². The van der Waals surface area contributed by atoms with Gasteiger partial charge in [0.05, 0.1) is 11.1 Å². The summed E-state index contributed by atoms with van der Waals surface area (Å²) in [5.74, 6) is -0.951. The maximum absolute atomic E-state index is 12.4. The Morgan fingerprint density at radius 1 is 1.18 bits per heavy atom. The quantitative estimate of drug-likeness (QED) is 0.259. The molecule has 1 fully saturated rings. The molecular weight excluding hydrogens is 546 g/mol. The highest BCUT2D eigenvalue weighted by Gasteiger charge is 2.33. The van der Waals surface area contributed by atoms with Crippen LogP contribution in [0.4, 0.5) is 0 Å². The minimum Gasteiger partial charge on any atom is -0.480 e. The normalized spacial score (nSPS) is 15.2. The van der Waals surface area contributed by atoms with E-state index in [0.29, 0.717) is 15.5 Å². The fourth-order valence-electron chi connectivity index (χ4n) is 2.94. The van der Waals surface area contributed by atoms with E-state index in [1.807, 2.05) is 48.5 Å². The van der Waals surface area contributed by atoms with Crippen LogP contribution in [0.25, 0.3) is 17.5 Å². The highest BCUT2D eigenvalue weighted by Crippen LogP contribution is 2.32. The predicted molar refractivity (Wildman–Crippen MR) is 137 cm³/mol. The average Bonchev–Trinajstić information content (AvgIpc) is 3.27. The maximum Gasteiger partial charge on any atom is 0.323 e. The molecule has 1 amide bonds. The van der Waals surface area contributed by atoms with Crippen LogP contribution in [-0.4, -0.2) is 53.8 Å². The van der Waals surface area contributed by atoms with Crippen LogP contribution in [0.5, 0.6) is 0 Å². The molecule has 0 bridgehead atoms. The van der Waals surface area contributed by atoms with Crippen molar-refractivity contribution in [2.45, 2.75) is 0 Å². The van der Waals surface area contributed by atoms with Gasteiger partial charge in [-0.3, -0.25) is 14.5 Å². The van der Waals surface area contributed by atoms with Gasteiger partial charge < -0.3 is 5.11 Å². The number of rotatable bonds is 6. The lowest BCUT2D eigenvalue weighted by atomic mass is 10.1. The first-order chi connectivity index (χ1) is 15.8. The number of aromatic amines is 1. The van der Waals surface area contributed by atoms with Crippen LogP contribution < -0.4 is 0 Å². The molecule has 0 aliphatic carbocycles. The fourth-order valence-corrected chi connectivity index (χ4v) is 4.84. The van der Waals surface area contributed by atoms with Crippen molar-refractivity contribution >= 4 is 80.6 Å². The number of aromatic nitrogens is 3. The zero-order chi connectivity index (χ0) is 23.5. The first-order valence-corrected chi connectivity index (χ1v) is 11.8. The SMILES string of the molecule is O=C(O)CN1C(=O)/C(=C/c2ccc(/C=N/n3c(-c4ccccc4Br)n[nH]c3=S)cc2)SC1=S. The second kappa shape index (κ2) is 9.91. The van der Waals surface area contributed by atoms with Gasteiger partial charge in [0.1, 0.15) is 10.9 Å². The van der Waals surface area contributed by atoms with Gasteiger partial charge in [-0.2, -0.15) is 14.9 Å². The van der Waals surface area contributed by atoms with Crippen LogP contribution in [-0.2, 0) is 9.59 Å². The molecule has 2 aromatic carbocycles. The van der Waals surface area contributed by atoms with E-state index in [4.69, 9.17) is 29.5 Å². The summed E-state index contributed by atoms with van der Waals surface area (Å²) in [5.41, 5.74) is 2.43. The van der Waals surface area contributed by atoms with E-state index in [-0.39, 0.29) is 4.32 Å². The molecule has 2 N–H and O–H groups in total. The number of carbonyl (C=O) groups is 2. The zero-order valence-electron chi connectivity index (χ0n) is 16.6. The van der Waals surface area contributed by atoms with Gasteiger partial charge in [-0.15, -0.1) is 0 Å². The number of thioether (sulfide) groups is 1. The molecule has 1 saturated heterocycles. The standard InChI is InChI=1S/C21H14BrN5O3S3/c22-15-4-2-1-3-14(15)18-24-25-20(31)27(18)23-10-13-7-5-12(6-8-13)9-16-19(30)26(11-17(28)29)21(32)33-16/h1-10H,11H2,(H,25,31)(H,28,29)/b16-9-,23-10+. The van der Waals surface area contributed by atoms with Crippen molar-refractivity contribution in [1.82, 2.24) is 19.8 Å². The molecule has 1 aromatic heterocycles. The number of carbonyl (C=O) groups excluding carboxylic acids is 1. The van der Waals surface area contributed by atoms with Crippen LogP contribution in [0.2, 0.25) is 0 Å². The number of H-pyrrole nitrogens is 1. The van der Waals surface area contributed by atoms with E-state index >= 15 is 0 Å². The lowest BCUT2D eigenvalue weighted by Gasteiger charge is -2.10. The van der Waals surface area contributed by atoms with E-state index in [2.05, 4.69) is 31.2 Å². The topological polar surface area (TPSA) is 104 Å². The van der Waals surface area contributed by atoms with Crippen molar-refractivity contribution in [3.8, 4) is 11.4 Å². The molecule has 0 atom stereocenters. The molecule has 4 rings (SSSR count). The molecule has 12 heteroatoms. The molecular formula is C21H14BrN5O3S3. The molecule has 0 radical (unpaired) electrons. The number of aliphatic carboxylic acids is 1. The molecule has 1 aliphatic rings. The van der Waals surface area contributed by atoms with Crippen LogP contribution in [0.1, 0.15) is 11.1 Å². The number of nitrogens with zero attached hydrogens (tertiary/aromatic N) is 4. The minimum absolute atomic E-state index is 0.232. The number of nitrogens with one attached hydrogen (secondary N) is 1. The second-order valence-corrected chi connectivity index (χ2v) is 9.63. The largest absolute Gasteiger partial charge is 0.480 e. The van der Waals surface area contributed by atoms with Crippen LogP contribution in [0, 0.1) is 4.77 Å². The Labute approximate surface area is 211 Å². The summed E-state index contributed by atoms with van der Waals surface area (Å²) in [5, 5.41) is 20.4. The summed E-state index contributed by atoms with van der Waals surface area (Å²) in [6.07, 6.45) is 3.33. The number of carboxylic acid groups (broad SMARTS) is 1. The minimum atomic E-state index is -1.11. The highest BCUT2D eigenvalue weighted by atomic mass is 79.9. The van der Waals surface area contributed by atoms with Crippen molar-refractivity contribution < 1.29 is 14.7 Å². The van der Waals surface area contributed by atoms with E-state index in [1.54, 1.807) is 12.3 Å². The van der Waals surface area contributed by atoms with Crippen LogP contribution in [0.15, 0.2) is 63.0 Å². The van der Waals surface area contributed by atoms with Gasteiger partial charge in [0, 0.05) is 10.0 Å². The van der Waals surface area contributed by atoms with Gasteiger partial charge in [-0.1, -0.05) is 76.3 Å². The maximum atomic E-state index is 12.4. The first-order valence-electron chi connectivity index (χ1n) is 9.37. The Bertz CT molecular complexity index is 1380. The first kappa shape index (κ1) is 23.2. The van der Waals surface area contributed by atoms with Gasteiger partial charge in [-0.05, 0) is 41.6 Å². The Balaban J connectivity index is 1.54. The van der Waals surface area contributed by atoms with E-state index in [0.717, 1.165) is 37.8 Å². The monoisotopic (exact) mass is 559 g/mol. The predicted octanol–water partition coefficient (Wildman–Crippen LogP) is 4.54. The average molecular weight is 560 g/mol. The Morgan fingerprint density at radius 3 is 2.58 bits per heavy atom. The van der Waals surface area contributed by atoms with Crippen molar-refractivity contribution in [2.24, 2.45) is 5.10 Å². The van der Waals surface area contributed by atoms with Gasteiger partial charge >= 0.3 is 5.97 Å². The molecule has 166 valence electrons. The number of benzene rings is 2. The summed E-state index contributed by atoms with van der Waals surface area (Å²) in [6.45, 7) is -0.449. The molecule has 1 aliphatic heterocycles. The van der Waals surface area contributed by atoms with Gasteiger partial charge in [0.2, 0.25) is 4.77 Å². The summed E-state index contributed by atoms with van der Waals surface area (Å²) in [4.78, 5) is 24.8. The van der Waals surface area contributed by atoms with Crippen molar-refractivity contribution in [2.75, 3.05) is 6.54 Å². The van der Waals surface area contributed by atoms with Crippen molar-refractivity contribution in [1.29, 1.82) is 0 Å². The number of hydrogen-bond acceptors (Lipinski definition) is 7. The zero-order valence-corrected chi connectivity index (χ0v) is 20.7. The third-order valence-corrected chi connectivity index (χ3v) is 6.82. The summed E-state index contributed by atoms with van der Waals surface area (Å²) >= 11 is 15.0. The number of thiocarbonyl (C=S) groups is 1. The Hall–Kier alpha value is -2.93. The summed E-state index contributed by atoms with van der Waals surface area (Å²) < 4.78 is 3.00. The van der Waals surface area contributed by atoms with Gasteiger partial charge in [0.15, 0.2) is 5.82 Å². The molecule has 33 heavy (non-hydrogen) atoms. The Morgan fingerprint density at radius 2 is 1.88 bits per heavy atom. The highest BCUT2D eigenvalue weighted by molar-refractivity contribution is 9.10. The lowest BCUT2D eigenvalue weighted by Crippen LogP contribution is -2.33. The van der Waals surface area contributed by atoms with Crippen LogP contribution in [0.3, 0.4) is 0 Å². The van der Waals surface area contributed by atoms with E-state index in [9.17, 15) is 9.59 Å². The molecule has 0 spiro atoms. The molecule has 0 saturated carbocycles. The summed E-state index contributed by atoms with van der Waals surface area (Å²) in [7, 11) is 0. The lowest BCUT2D eigenvalue weighted by molar-refractivity contribution is -0.140. The Kier molecular flexibility index (Phi) is 6.98. The number of halogens is 1. The molecule has 2 heterocycles. The fraction of sp³-hybridized carbons (Fsp3) is 0.0476. The number of carboxylic acids is 1. The third kappa shape index (κ3) is 5.19. The molecule has 0 unspecified atom stereocenters. The second-order valence-electron chi connectivity index (χ2n) is 6.72. The molecule has 3 aromatic rings. The molecule has 8 nitrogen and oxygen atoms in total. The number of hydrogen-bond donors (Lipinski definition) is 2. The number of amides is 1.